The molecule has 0 aliphatic rings. The van der Waals surface area contributed by atoms with Crippen molar-refractivity contribution < 1.29 is 0 Å². The summed E-state index contributed by atoms with van der Waals surface area (Å²) in [4.78, 5) is 4.34. The number of rotatable bonds is 2. The molecule has 0 bridgehead atoms. The van der Waals surface area contributed by atoms with Gasteiger partial charge in [0.25, 0.3) is 0 Å². The molecule has 0 saturated heterocycles. The van der Waals surface area contributed by atoms with Crippen LogP contribution in [0.3, 0.4) is 0 Å². The maximum atomic E-state index is 5.96. The van der Waals surface area contributed by atoms with E-state index in [1.807, 2.05) is 42.6 Å². The molecule has 0 fully saturated rings. The van der Waals surface area contributed by atoms with Gasteiger partial charge in [-0.3, -0.25) is 4.98 Å². The van der Waals surface area contributed by atoms with Crippen molar-refractivity contribution in [1.82, 2.24) is 4.98 Å². The molecule has 2 heteroatoms. The average Bonchev–Trinajstić information content (AvgIpc) is 2.30. The summed E-state index contributed by atoms with van der Waals surface area (Å²) in [6, 6.07) is 11.9. The highest BCUT2D eigenvalue weighted by molar-refractivity contribution is 6.30. The van der Waals surface area contributed by atoms with E-state index in [1.165, 1.54) is 11.1 Å². The molecule has 1 nitrogen and oxygen atoms in total. The fourth-order valence-electron chi connectivity index (χ4n) is 1.63. The lowest BCUT2D eigenvalue weighted by Gasteiger charge is -2.07. The van der Waals surface area contributed by atoms with Gasteiger partial charge in [-0.2, -0.15) is 0 Å². The minimum Gasteiger partial charge on any atom is -0.256 e. The molecule has 15 heavy (non-hydrogen) atoms. The van der Waals surface area contributed by atoms with Gasteiger partial charge in [0.2, 0.25) is 0 Å². The smallest absolute Gasteiger partial charge is 0.0704 e. The van der Waals surface area contributed by atoms with E-state index in [0.29, 0.717) is 0 Å². The molecule has 0 spiro atoms. The highest BCUT2D eigenvalue weighted by Gasteiger charge is 2.04. The maximum absolute atomic E-state index is 5.96. The standard InChI is InChI=1S/C13H12ClN/c1-2-10-9-11(14)6-7-12(10)13-5-3-4-8-15-13/h3-9H,2H2,1H3. The molecule has 1 aromatic carbocycles. The van der Waals surface area contributed by atoms with Crippen molar-refractivity contribution in [3.63, 3.8) is 0 Å². The van der Waals surface area contributed by atoms with E-state index in [4.69, 9.17) is 11.6 Å². The summed E-state index contributed by atoms with van der Waals surface area (Å²) in [5, 5.41) is 0.784. The first-order valence-electron chi connectivity index (χ1n) is 5.01. The second kappa shape index (κ2) is 4.45. The van der Waals surface area contributed by atoms with Crippen LogP contribution in [0.25, 0.3) is 11.3 Å². The van der Waals surface area contributed by atoms with E-state index in [9.17, 15) is 0 Å². The van der Waals surface area contributed by atoms with Gasteiger partial charge in [-0.05, 0) is 36.2 Å². The number of aromatic nitrogens is 1. The van der Waals surface area contributed by atoms with Crippen molar-refractivity contribution in [1.29, 1.82) is 0 Å². The SMILES string of the molecule is CCc1cc(Cl)ccc1-c1ccccn1. The Morgan fingerprint density at radius 3 is 2.73 bits per heavy atom. The van der Waals surface area contributed by atoms with Crippen LogP contribution < -0.4 is 0 Å². The van der Waals surface area contributed by atoms with Gasteiger partial charge in [-0.25, -0.2) is 0 Å². The number of nitrogens with zero attached hydrogens (tertiary/aromatic N) is 1. The minimum atomic E-state index is 0.784. The Labute approximate surface area is 94.7 Å². The molecule has 0 saturated carbocycles. The number of hydrogen-bond donors (Lipinski definition) is 0. The van der Waals surface area contributed by atoms with Crippen molar-refractivity contribution in [3.8, 4) is 11.3 Å². The van der Waals surface area contributed by atoms with E-state index in [-0.39, 0.29) is 0 Å². The van der Waals surface area contributed by atoms with E-state index in [1.54, 1.807) is 0 Å². The van der Waals surface area contributed by atoms with Crippen LogP contribution in [0.15, 0.2) is 42.6 Å². The van der Waals surface area contributed by atoms with Gasteiger partial charge in [-0.1, -0.05) is 30.7 Å². The van der Waals surface area contributed by atoms with Crippen LogP contribution >= 0.6 is 11.6 Å². The van der Waals surface area contributed by atoms with Gasteiger partial charge >= 0.3 is 0 Å². The van der Waals surface area contributed by atoms with Crippen molar-refractivity contribution in [2.45, 2.75) is 13.3 Å². The molecule has 0 aliphatic heterocycles. The van der Waals surface area contributed by atoms with Gasteiger partial charge in [0.15, 0.2) is 0 Å². The normalized spacial score (nSPS) is 10.3. The number of halogens is 1. The lowest BCUT2D eigenvalue weighted by molar-refractivity contribution is 1.13. The van der Waals surface area contributed by atoms with E-state index in [2.05, 4.69) is 11.9 Å². The maximum Gasteiger partial charge on any atom is 0.0704 e. The Morgan fingerprint density at radius 2 is 2.07 bits per heavy atom. The molecule has 2 rings (SSSR count). The third-order valence-electron chi connectivity index (χ3n) is 2.39. The third kappa shape index (κ3) is 2.18. The third-order valence-corrected chi connectivity index (χ3v) is 2.62. The highest BCUT2D eigenvalue weighted by atomic mass is 35.5. The van der Waals surface area contributed by atoms with E-state index < -0.39 is 0 Å². The molecule has 76 valence electrons. The first kappa shape index (κ1) is 10.2. The molecular formula is C13H12ClN. The van der Waals surface area contributed by atoms with Crippen LogP contribution in [-0.2, 0) is 6.42 Å². The zero-order valence-corrected chi connectivity index (χ0v) is 9.33. The summed E-state index contributed by atoms with van der Waals surface area (Å²) in [6.45, 7) is 2.12. The lowest BCUT2D eigenvalue weighted by atomic mass is 10.0. The molecule has 1 heterocycles. The summed E-state index contributed by atoms with van der Waals surface area (Å²) in [6.07, 6.45) is 2.77. The summed E-state index contributed by atoms with van der Waals surface area (Å²) in [5.41, 5.74) is 3.41. The lowest BCUT2D eigenvalue weighted by Crippen LogP contribution is -1.89. The van der Waals surface area contributed by atoms with Crippen LogP contribution in [0, 0.1) is 0 Å². The number of pyridine rings is 1. The van der Waals surface area contributed by atoms with Gasteiger partial charge in [0.05, 0.1) is 5.69 Å². The molecule has 0 amide bonds. The van der Waals surface area contributed by atoms with E-state index >= 15 is 0 Å². The molecule has 1 aromatic heterocycles. The summed E-state index contributed by atoms with van der Waals surface area (Å²) < 4.78 is 0. The van der Waals surface area contributed by atoms with Crippen molar-refractivity contribution in [2.75, 3.05) is 0 Å². The predicted octanol–water partition coefficient (Wildman–Crippen LogP) is 3.96. The van der Waals surface area contributed by atoms with Crippen molar-refractivity contribution >= 4 is 11.6 Å². The van der Waals surface area contributed by atoms with Crippen LogP contribution in [0.2, 0.25) is 5.02 Å². The Kier molecular flexibility index (Phi) is 3.02. The van der Waals surface area contributed by atoms with Crippen LogP contribution in [0.4, 0.5) is 0 Å². The number of hydrogen-bond acceptors (Lipinski definition) is 1. The Bertz CT molecular complexity index is 451. The molecule has 0 radical (unpaired) electrons. The minimum absolute atomic E-state index is 0.784. The average molecular weight is 218 g/mol. The van der Waals surface area contributed by atoms with Crippen LogP contribution in [0.1, 0.15) is 12.5 Å². The van der Waals surface area contributed by atoms with Gasteiger partial charge < -0.3 is 0 Å². The van der Waals surface area contributed by atoms with Crippen molar-refractivity contribution in [2.24, 2.45) is 0 Å². The Balaban J connectivity index is 2.53. The summed E-state index contributed by atoms with van der Waals surface area (Å²) >= 11 is 5.96. The molecule has 0 aliphatic carbocycles. The van der Waals surface area contributed by atoms with Gasteiger partial charge in [-0.15, -0.1) is 0 Å². The first-order chi connectivity index (χ1) is 7.31. The molecule has 0 N–H and O–H groups in total. The van der Waals surface area contributed by atoms with Gasteiger partial charge in [0.1, 0.15) is 0 Å². The monoisotopic (exact) mass is 217 g/mol. The topological polar surface area (TPSA) is 12.9 Å². The fourth-order valence-corrected chi connectivity index (χ4v) is 1.82. The second-order valence-corrected chi connectivity index (χ2v) is 3.81. The van der Waals surface area contributed by atoms with Crippen molar-refractivity contribution in [3.05, 3.63) is 53.2 Å². The molecular weight excluding hydrogens is 206 g/mol. The van der Waals surface area contributed by atoms with Gasteiger partial charge in [0, 0.05) is 16.8 Å². The highest BCUT2D eigenvalue weighted by Crippen LogP contribution is 2.25. The zero-order chi connectivity index (χ0) is 10.7. The fraction of sp³-hybridized carbons (Fsp3) is 0.154. The number of aryl methyl sites for hydroxylation is 1. The summed E-state index contributed by atoms with van der Waals surface area (Å²) in [7, 11) is 0. The summed E-state index contributed by atoms with van der Waals surface area (Å²) in [5.74, 6) is 0. The quantitative estimate of drug-likeness (QED) is 0.742. The zero-order valence-electron chi connectivity index (χ0n) is 8.57. The second-order valence-electron chi connectivity index (χ2n) is 3.37. The Hall–Kier alpha value is -1.34. The molecule has 0 atom stereocenters. The molecule has 2 aromatic rings. The van der Waals surface area contributed by atoms with Crippen LogP contribution in [0.5, 0.6) is 0 Å². The number of benzene rings is 1. The Morgan fingerprint density at radius 1 is 1.20 bits per heavy atom. The molecule has 0 unspecified atom stereocenters. The first-order valence-corrected chi connectivity index (χ1v) is 5.39. The largest absolute Gasteiger partial charge is 0.256 e. The van der Waals surface area contributed by atoms with E-state index in [0.717, 1.165) is 17.1 Å². The van der Waals surface area contributed by atoms with Crippen LogP contribution in [-0.4, -0.2) is 4.98 Å². The predicted molar refractivity (Wildman–Crippen MR) is 64.1 cm³/mol.